The number of allylic oxidation sites excluding steroid dienone is 2. The molecule has 0 atom stereocenters. The molecule has 0 amide bonds. The molecule has 5 heteroatoms. The summed E-state index contributed by atoms with van der Waals surface area (Å²) in [4.78, 5) is 19.9. The van der Waals surface area contributed by atoms with Crippen LogP contribution in [0.5, 0.6) is 0 Å². The van der Waals surface area contributed by atoms with E-state index in [1.807, 2.05) is 36.4 Å². The average Bonchev–Trinajstić information content (AvgIpc) is 3.03. The zero-order valence-corrected chi connectivity index (χ0v) is 13.7. The summed E-state index contributed by atoms with van der Waals surface area (Å²) >= 11 is 0. The third-order valence-electron chi connectivity index (χ3n) is 3.75. The van der Waals surface area contributed by atoms with Crippen LogP contribution in [0, 0.1) is 0 Å². The van der Waals surface area contributed by atoms with E-state index in [0.29, 0.717) is 12.4 Å². The Labute approximate surface area is 141 Å². The molecule has 0 spiro atoms. The Bertz CT molecular complexity index is 790. The molecule has 1 heterocycles. The van der Waals surface area contributed by atoms with E-state index in [1.165, 1.54) is 0 Å². The summed E-state index contributed by atoms with van der Waals surface area (Å²) in [6.07, 6.45) is 8.89. The van der Waals surface area contributed by atoms with Gasteiger partial charge in [-0.25, -0.2) is 9.97 Å². The maximum Gasteiger partial charge on any atom is 0.227 e. The highest BCUT2D eigenvalue weighted by Gasteiger charge is 2.11. The SMILES string of the molecule is COC1=CCC=C1Nc1ncc(-c2ccc(CC(C)=O)cc2)cn1. The van der Waals surface area contributed by atoms with Gasteiger partial charge in [-0.05, 0) is 30.5 Å². The Morgan fingerprint density at radius 3 is 2.46 bits per heavy atom. The number of benzene rings is 1. The fraction of sp³-hybridized carbons (Fsp3) is 0.211. The molecule has 5 nitrogen and oxygen atoms in total. The first-order chi connectivity index (χ1) is 11.7. The van der Waals surface area contributed by atoms with Crippen LogP contribution in [-0.4, -0.2) is 22.9 Å². The molecule has 24 heavy (non-hydrogen) atoms. The predicted molar refractivity (Wildman–Crippen MR) is 93.3 cm³/mol. The number of nitrogens with zero attached hydrogens (tertiary/aromatic N) is 2. The Morgan fingerprint density at radius 2 is 1.83 bits per heavy atom. The second kappa shape index (κ2) is 7.08. The van der Waals surface area contributed by atoms with Crippen molar-refractivity contribution in [3.8, 4) is 11.1 Å². The summed E-state index contributed by atoms with van der Waals surface area (Å²) in [5, 5.41) is 3.16. The van der Waals surface area contributed by atoms with Crippen LogP contribution in [0.3, 0.4) is 0 Å². The van der Waals surface area contributed by atoms with E-state index in [2.05, 4.69) is 15.3 Å². The van der Waals surface area contributed by atoms with Gasteiger partial charge in [-0.2, -0.15) is 0 Å². The van der Waals surface area contributed by atoms with Crippen LogP contribution in [-0.2, 0) is 16.0 Å². The lowest BCUT2D eigenvalue weighted by Gasteiger charge is -2.09. The predicted octanol–water partition coefficient (Wildman–Crippen LogP) is 3.50. The molecule has 122 valence electrons. The van der Waals surface area contributed by atoms with E-state index in [1.54, 1.807) is 26.4 Å². The van der Waals surface area contributed by atoms with Crippen molar-refractivity contribution in [1.82, 2.24) is 9.97 Å². The Hall–Kier alpha value is -2.95. The van der Waals surface area contributed by atoms with E-state index in [-0.39, 0.29) is 5.78 Å². The molecule has 1 aliphatic carbocycles. The van der Waals surface area contributed by atoms with Gasteiger partial charge in [-0.15, -0.1) is 0 Å². The van der Waals surface area contributed by atoms with E-state index in [4.69, 9.17) is 4.74 Å². The lowest BCUT2D eigenvalue weighted by Crippen LogP contribution is -2.05. The van der Waals surface area contributed by atoms with Crippen LogP contribution in [0.2, 0.25) is 0 Å². The van der Waals surface area contributed by atoms with Gasteiger partial charge in [0, 0.05) is 24.4 Å². The van der Waals surface area contributed by atoms with Crippen LogP contribution < -0.4 is 5.32 Å². The molecule has 0 bridgehead atoms. The standard InChI is InChI=1S/C19H19N3O2/c1-13(23)10-14-6-8-15(9-7-14)16-11-20-19(21-12-16)22-17-4-3-5-18(17)24-2/h4-9,11-12H,3,10H2,1-2H3,(H,20,21,22). The zero-order chi connectivity index (χ0) is 16.9. The number of Topliss-reactive ketones (excluding diaryl/α,β-unsaturated/α-hetero) is 1. The van der Waals surface area contributed by atoms with E-state index >= 15 is 0 Å². The smallest absolute Gasteiger partial charge is 0.227 e. The number of anilines is 1. The number of ketones is 1. The molecule has 0 saturated heterocycles. The third kappa shape index (κ3) is 3.68. The molecule has 1 N–H and O–H groups in total. The minimum absolute atomic E-state index is 0.159. The van der Waals surface area contributed by atoms with Gasteiger partial charge in [0.25, 0.3) is 0 Å². The van der Waals surface area contributed by atoms with Crippen LogP contribution in [0.1, 0.15) is 18.9 Å². The van der Waals surface area contributed by atoms with Gasteiger partial charge < -0.3 is 10.1 Å². The van der Waals surface area contributed by atoms with Gasteiger partial charge in [-0.3, -0.25) is 4.79 Å². The van der Waals surface area contributed by atoms with Gasteiger partial charge in [-0.1, -0.05) is 30.3 Å². The second-order valence-corrected chi connectivity index (χ2v) is 5.62. The van der Waals surface area contributed by atoms with E-state index in [9.17, 15) is 4.79 Å². The first kappa shape index (κ1) is 15.9. The summed E-state index contributed by atoms with van der Waals surface area (Å²) in [7, 11) is 1.65. The van der Waals surface area contributed by atoms with Crippen molar-refractivity contribution in [2.24, 2.45) is 0 Å². The number of hydrogen-bond donors (Lipinski definition) is 1. The molecule has 3 rings (SSSR count). The van der Waals surface area contributed by atoms with Crippen molar-refractivity contribution in [2.75, 3.05) is 12.4 Å². The van der Waals surface area contributed by atoms with Gasteiger partial charge >= 0.3 is 0 Å². The molecule has 0 fully saturated rings. The Morgan fingerprint density at radius 1 is 1.12 bits per heavy atom. The normalized spacial score (nSPS) is 13.2. The van der Waals surface area contributed by atoms with Crippen LogP contribution >= 0.6 is 0 Å². The number of methoxy groups -OCH3 is 1. The number of carbonyl (C=O) groups excluding carboxylic acids is 1. The fourth-order valence-electron chi connectivity index (χ4n) is 2.56. The fourth-order valence-corrected chi connectivity index (χ4v) is 2.56. The third-order valence-corrected chi connectivity index (χ3v) is 3.75. The first-order valence-electron chi connectivity index (χ1n) is 7.78. The van der Waals surface area contributed by atoms with Crippen LogP contribution in [0.4, 0.5) is 5.95 Å². The molecule has 2 aromatic rings. The minimum Gasteiger partial charge on any atom is -0.495 e. The lowest BCUT2D eigenvalue weighted by atomic mass is 10.0. The highest BCUT2D eigenvalue weighted by atomic mass is 16.5. The monoisotopic (exact) mass is 321 g/mol. The van der Waals surface area contributed by atoms with Crippen molar-refractivity contribution in [3.63, 3.8) is 0 Å². The topological polar surface area (TPSA) is 64.1 Å². The quantitative estimate of drug-likeness (QED) is 0.882. The summed E-state index contributed by atoms with van der Waals surface area (Å²) in [6.45, 7) is 1.59. The molecule has 1 aromatic heterocycles. The molecule has 1 aromatic carbocycles. The summed E-state index contributed by atoms with van der Waals surface area (Å²) in [5.41, 5.74) is 3.85. The van der Waals surface area contributed by atoms with Crippen molar-refractivity contribution >= 4 is 11.7 Å². The summed E-state index contributed by atoms with van der Waals surface area (Å²) < 4.78 is 5.28. The number of nitrogens with one attached hydrogen (secondary N) is 1. The number of ether oxygens (including phenoxy) is 1. The molecule has 0 saturated carbocycles. The maximum absolute atomic E-state index is 11.1. The minimum atomic E-state index is 0.159. The van der Waals surface area contributed by atoms with Crippen molar-refractivity contribution < 1.29 is 9.53 Å². The number of rotatable bonds is 6. The van der Waals surface area contributed by atoms with Crippen molar-refractivity contribution in [1.29, 1.82) is 0 Å². The largest absolute Gasteiger partial charge is 0.495 e. The van der Waals surface area contributed by atoms with Crippen molar-refractivity contribution in [3.05, 3.63) is 65.8 Å². The van der Waals surface area contributed by atoms with Gasteiger partial charge in [0.05, 0.1) is 12.8 Å². The van der Waals surface area contributed by atoms with Gasteiger partial charge in [0.15, 0.2) is 0 Å². The highest BCUT2D eigenvalue weighted by molar-refractivity contribution is 5.78. The van der Waals surface area contributed by atoms with E-state index in [0.717, 1.165) is 34.6 Å². The molecular weight excluding hydrogens is 302 g/mol. The van der Waals surface area contributed by atoms with Crippen molar-refractivity contribution in [2.45, 2.75) is 19.8 Å². The average molecular weight is 321 g/mol. The summed E-state index contributed by atoms with van der Waals surface area (Å²) in [6, 6.07) is 7.88. The first-order valence-corrected chi connectivity index (χ1v) is 7.78. The van der Waals surface area contributed by atoms with E-state index < -0.39 is 0 Å². The number of hydrogen-bond acceptors (Lipinski definition) is 5. The molecular formula is C19H19N3O2. The van der Waals surface area contributed by atoms with Gasteiger partial charge in [0.2, 0.25) is 5.95 Å². The summed E-state index contributed by atoms with van der Waals surface area (Å²) in [5.74, 6) is 1.50. The highest BCUT2D eigenvalue weighted by Crippen LogP contribution is 2.22. The zero-order valence-electron chi connectivity index (χ0n) is 13.7. The Kier molecular flexibility index (Phi) is 4.70. The maximum atomic E-state index is 11.1. The lowest BCUT2D eigenvalue weighted by molar-refractivity contribution is -0.116. The molecule has 0 unspecified atom stereocenters. The van der Waals surface area contributed by atoms with Crippen LogP contribution in [0.15, 0.2) is 60.3 Å². The van der Waals surface area contributed by atoms with Crippen LogP contribution in [0.25, 0.3) is 11.1 Å². The number of carbonyl (C=O) groups is 1. The second-order valence-electron chi connectivity index (χ2n) is 5.62. The molecule has 0 radical (unpaired) electrons. The molecule has 1 aliphatic rings. The molecule has 0 aliphatic heterocycles. The number of aromatic nitrogens is 2. The van der Waals surface area contributed by atoms with Gasteiger partial charge in [0.1, 0.15) is 11.5 Å². The Balaban J connectivity index is 1.70.